The van der Waals surface area contributed by atoms with Gasteiger partial charge in [0.1, 0.15) is 5.75 Å². The lowest BCUT2D eigenvalue weighted by atomic mass is 10.0. The molecule has 1 unspecified atom stereocenters. The molecule has 1 amide bonds. The highest BCUT2D eigenvalue weighted by Gasteiger charge is 2.16. The Morgan fingerprint density at radius 2 is 1.48 bits per heavy atom. The number of methoxy groups -OCH3 is 1. The standard InChI is InChI=1S/C25H25NO5/c1-30-23(25(28)29)15-18-9-13-22(14-10-18)31-17-24(27)26-16-19-7-11-21(12-8-19)20-5-3-2-4-6-20/h2-14,23H,15-17H2,1H3,(H,26,27)(H,28,29). The zero-order valence-corrected chi connectivity index (χ0v) is 17.3. The Hall–Kier alpha value is -3.64. The second-order valence-electron chi connectivity index (χ2n) is 7.04. The normalized spacial score (nSPS) is 11.5. The Labute approximate surface area is 181 Å². The predicted octanol–water partition coefficient (Wildman–Crippen LogP) is 3.69. The van der Waals surface area contributed by atoms with Crippen molar-refractivity contribution in [2.24, 2.45) is 0 Å². The Morgan fingerprint density at radius 3 is 2.10 bits per heavy atom. The average Bonchev–Trinajstić information content (AvgIpc) is 2.81. The van der Waals surface area contributed by atoms with Crippen molar-refractivity contribution in [1.29, 1.82) is 0 Å². The van der Waals surface area contributed by atoms with E-state index in [1.807, 2.05) is 42.5 Å². The van der Waals surface area contributed by atoms with Crippen LogP contribution >= 0.6 is 0 Å². The Balaban J connectivity index is 1.43. The molecule has 160 valence electrons. The maximum absolute atomic E-state index is 12.1. The molecule has 0 aliphatic carbocycles. The molecular formula is C25H25NO5. The molecule has 0 spiro atoms. The van der Waals surface area contributed by atoms with Crippen LogP contribution in [-0.2, 0) is 27.3 Å². The monoisotopic (exact) mass is 419 g/mol. The van der Waals surface area contributed by atoms with E-state index >= 15 is 0 Å². The number of hydrogen-bond acceptors (Lipinski definition) is 4. The minimum atomic E-state index is -1.01. The van der Waals surface area contributed by atoms with Crippen molar-refractivity contribution in [2.75, 3.05) is 13.7 Å². The zero-order valence-electron chi connectivity index (χ0n) is 17.3. The molecule has 0 saturated carbocycles. The van der Waals surface area contributed by atoms with E-state index in [2.05, 4.69) is 17.4 Å². The second kappa shape index (κ2) is 10.9. The number of carboxylic acids is 1. The summed E-state index contributed by atoms with van der Waals surface area (Å²) in [4.78, 5) is 23.1. The first-order valence-electron chi connectivity index (χ1n) is 9.93. The van der Waals surface area contributed by atoms with Gasteiger partial charge in [0.2, 0.25) is 0 Å². The van der Waals surface area contributed by atoms with Gasteiger partial charge >= 0.3 is 5.97 Å². The van der Waals surface area contributed by atoms with Crippen molar-refractivity contribution in [3.63, 3.8) is 0 Å². The molecule has 0 bridgehead atoms. The molecule has 1 atom stereocenters. The van der Waals surface area contributed by atoms with Gasteiger partial charge in [-0.2, -0.15) is 0 Å². The number of carboxylic acid groups (broad SMARTS) is 1. The van der Waals surface area contributed by atoms with E-state index in [0.717, 1.165) is 22.3 Å². The molecule has 0 heterocycles. The lowest BCUT2D eigenvalue weighted by Gasteiger charge is -2.11. The fourth-order valence-corrected chi connectivity index (χ4v) is 3.05. The van der Waals surface area contributed by atoms with Gasteiger partial charge in [-0.3, -0.25) is 4.79 Å². The topological polar surface area (TPSA) is 84.9 Å². The first-order chi connectivity index (χ1) is 15.0. The van der Waals surface area contributed by atoms with E-state index in [-0.39, 0.29) is 18.9 Å². The summed E-state index contributed by atoms with van der Waals surface area (Å²) in [5, 5.41) is 11.9. The molecule has 0 aromatic heterocycles. The summed E-state index contributed by atoms with van der Waals surface area (Å²) >= 11 is 0. The Kier molecular flexibility index (Phi) is 7.79. The molecule has 3 aromatic rings. The van der Waals surface area contributed by atoms with Gasteiger partial charge in [0.05, 0.1) is 0 Å². The summed E-state index contributed by atoms with van der Waals surface area (Å²) in [5.41, 5.74) is 4.09. The number of nitrogens with one attached hydrogen (secondary N) is 1. The van der Waals surface area contributed by atoms with E-state index in [1.54, 1.807) is 24.3 Å². The molecule has 6 nitrogen and oxygen atoms in total. The largest absolute Gasteiger partial charge is 0.484 e. The Morgan fingerprint density at radius 1 is 0.871 bits per heavy atom. The van der Waals surface area contributed by atoms with Crippen molar-refractivity contribution in [1.82, 2.24) is 5.32 Å². The van der Waals surface area contributed by atoms with Crippen LogP contribution in [0.2, 0.25) is 0 Å². The second-order valence-corrected chi connectivity index (χ2v) is 7.04. The maximum Gasteiger partial charge on any atom is 0.333 e. The van der Waals surface area contributed by atoms with Crippen molar-refractivity contribution in [3.8, 4) is 16.9 Å². The van der Waals surface area contributed by atoms with Crippen LogP contribution in [0.5, 0.6) is 5.75 Å². The highest BCUT2D eigenvalue weighted by molar-refractivity contribution is 5.77. The maximum atomic E-state index is 12.1. The predicted molar refractivity (Wildman–Crippen MR) is 118 cm³/mol. The minimum absolute atomic E-state index is 0.0999. The number of carbonyl (C=O) groups is 2. The third kappa shape index (κ3) is 6.69. The molecule has 0 radical (unpaired) electrons. The molecule has 6 heteroatoms. The SMILES string of the molecule is COC(Cc1ccc(OCC(=O)NCc2ccc(-c3ccccc3)cc2)cc1)C(=O)O. The first-order valence-corrected chi connectivity index (χ1v) is 9.93. The van der Waals surface area contributed by atoms with Crippen LogP contribution in [0.15, 0.2) is 78.9 Å². The summed E-state index contributed by atoms with van der Waals surface area (Å²) in [6.45, 7) is 0.320. The van der Waals surface area contributed by atoms with Gasteiger partial charge in [0.25, 0.3) is 5.91 Å². The van der Waals surface area contributed by atoms with Crippen LogP contribution in [0.25, 0.3) is 11.1 Å². The fourth-order valence-electron chi connectivity index (χ4n) is 3.05. The molecule has 0 aliphatic heterocycles. The van der Waals surface area contributed by atoms with Crippen LogP contribution in [0, 0.1) is 0 Å². The lowest BCUT2D eigenvalue weighted by molar-refractivity contribution is -0.148. The third-order valence-electron chi connectivity index (χ3n) is 4.83. The number of aliphatic carboxylic acids is 1. The molecule has 3 rings (SSSR count). The minimum Gasteiger partial charge on any atom is -0.484 e. The molecule has 0 aliphatic rings. The number of hydrogen-bond donors (Lipinski definition) is 2. The van der Waals surface area contributed by atoms with Gasteiger partial charge in [-0.15, -0.1) is 0 Å². The van der Waals surface area contributed by atoms with Crippen LogP contribution in [0.4, 0.5) is 0 Å². The highest BCUT2D eigenvalue weighted by Crippen LogP contribution is 2.19. The molecule has 0 fully saturated rings. The zero-order chi connectivity index (χ0) is 22.1. The van der Waals surface area contributed by atoms with E-state index < -0.39 is 12.1 Å². The molecule has 2 N–H and O–H groups in total. The summed E-state index contributed by atoms with van der Waals surface area (Å²) in [5.74, 6) is -0.689. The summed E-state index contributed by atoms with van der Waals surface area (Å²) in [7, 11) is 1.37. The van der Waals surface area contributed by atoms with Crippen molar-refractivity contribution in [3.05, 3.63) is 90.0 Å². The van der Waals surface area contributed by atoms with Gasteiger partial charge in [-0.05, 0) is 34.4 Å². The van der Waals surface area contributed by atoms with Gasteiger partial charge in [0.15, 0.2) is 12.7 Å². The number of carbonyl (C=O) groups excluding carboxylic acids is 1. The van der Waals surface area contributed by atoms with E-state index in [9.17, 15) is 9.59 Å². The third-order valence-corrected chi connectivity index (χ3v) is 4.83. The number of amides is 1. The first kappa shape index (κ1) is 22.1. The van der Waals surface area contributed by atoms with E-state index in [4.69, 9.17) is 14.6 Å². The number of ether oxygens (including phenoxy) is 2. The number of rotatable bonds is 10. The Bertz CT molecular complexity index is 985. The molecular weight excluding hydrogens is 394 g/mol. The van der Waals surface area contributed by atoms with Crippen molar-refractivity contribution in [2.45, 2.75) is 19.1 Å². The highest BCUT2D eigenvalue weighted by atomic mass is 16.5. The molecule has 0 saturated heterocycles. The smallest absolute Gasteiger partial charge is 0.333 e. The van der Waals surface area contributed by atoms with Gasteiger partial charge in [-0.25, -0.2) is 4.79 Å². The van der Waals surface area contributed by atoms with Gasteiger partial charge in [0, 0.05) is 20.1 Å². The lowest BCUT2D eigenvalue weighted by Crippen LogP contribution is -2.28. The van der Waals surface area contributed by atoms with Crippen LogP contribution in [-0.4, -0.2) is 36.8 Å². The van der Waals surface area contributed by atoms with Gasteiger partial charge < -0.3 is 19.9 Å². The van der Waals surface area contributed by atoms with E-state index in [0.29, 0.717) is 12.3 Å². The van der Waals surface area contributed by atoms with Crippen LogP contribution in [0.3, 0.4) is 0 Å². The summed E-state index contributed by atoms with van der Waals surface area (Å²) in [6.07, 6.45) is -0.630. The van der Waals surface area contributed by atoms with E-state index in [1.165, 1.54) is 7.11 Å². The summed E-state index contributed by atoms with van der Waals surface area (Å²) < 4.78 is 10.4. The molecule has 31 heavy (non-hydrogen) atoms. The quantitative estimate of drug-likeness (QED) is 0.524. The fraction of sp³-hybridized carbons (Fsp3) is 0.200. The van der Waals surface area contributed by atoms with Crippen LogP contribution in [0.1, 0.15) is 11.1 Å². The van der Waals surface area contributed by atoms with Crippen LogP contribution < -0.4 is 10.1 Å². The van der Waals surface area contributed by atoms with Crippen molar-refractivity contribution < 1.29 is 24.2 Å². The van der Waals surface area contributed by atoms with Gasteiger partial charge in [-0.1, -0.05) is 66.7 Å². The average molecular weight is 419 g/mol. The summed E-state index contributed by atoms with van der Waals surface area (Å²) in [6, 6.07) is 25.1. The molecule has 3 aromatic carbocycles. The van der Waals surface area contributed by atoms with Crippen molar-refractivity contribution >= 4 is 11.9 Å². The number of benzene rings is 3.